The first-order valence-electron chi connectivity index (χ1n) is 8.76. The highest BCUT2D eigenvalue weighted by Crippen LogP contribution is 2.27. The van der Waals surface area contributed by atoms with Crippen molar-refractivity contribution in [3.05, 3.63) is 95.9 Å². The van der Waals surface area contributed by atoms with Crippen LogP contribution >= 0.6 is 24.8 Å². The van der Waals surface area contributed by atoms with Crippen molar-refractivity contribution in [2.24, 2.45) is 0 Å². The Morgan fingerprint density at radius 2 is 1.43 bits per heavy atom. The van der Waals surface area contributed by atoms with E-state index in [4.69, 9.17) is 0 Å². The van der Waals surface area contributed by atoms with Crippen LogP contribution in [0.1, 0.15) is 29.8 Å². The molecule has 0 radical (unpaired) electrons. The molecule has 0 spiro atoms. The van der Waals surface area contributed by atoms with Crippen LogP contribution in [0, 0.1) is 0 Å². The normalized spacial score (nSPS) is 11.2. The summed E-state index contributed by atoms with van der Waals surface area (Å²) in [5.74, 6) is 0.815. The number of nitrogens with one attached hydrogen (secondary N) is 1. The summed E-state index contributed by atoms with van der Waals surface area (Å²) in [6, 6.07) is 22.8. The van der Waals surface area contributed by atoms with E-state index in [0.29, 0.717) is 0 Å². The van der Waals surface area contributed by atoms with E-state index in [-0.39, 0.29) is 30.9 Å². The van der Waals surface area contributed by atoms with Crippen molar-refractivity contribution in [3.63, 3.8) is 0 Å². The van der Waals surface area contributed by atoms with E-state index < -0.39 is 0 Å². The van der Waals surface area contributed by atoms with Gasteiger partial charge in [0, 0.05) is 29.6 Å². The highest BCUT2D eigenvalue weighted by Gasteiger charge is 2.12. The van der Waals surface area contributed by atoms with Crippen LogP contribution in [0.25, 0.3) is 10.8 Å². The zero-order valence-corrected chi connectivity index (χ0v) is 17.1. The van der Waals surface area contributed by atoms with E-state index in [1.54, 1.807) is 0 Å². The SMILES string of the molecule is CC(Nc1nnc(Cc2ccncc2)c2ccccc12)c1ccccc1.Cl.Cl. The van der Waals surface area contributed by atoms with E-state index in [1.807, 2.05) is 42.7 Å². The molecule has 2 aromatic heterocycles. The third kappa shape index (κ3) is 4.77. The zero-order valence-electron chi connectivity index (χ0n) is 15.4. The second-order valence-electron chi connectivity index (χ2n) is 6.35. The van der Waals surface area contributed by atoms with Gasteiger partial charge in [0.15, 0.2) is 5.82 Å². The molecule has 2 heterocycles. The van der Waals surface area contributed by atoms with Gasteiger partial charge >= 0.3 is 0 Å². The van der Waals surface area contributed by atoms with Gasteiger partial charge in [-0.2, -0.15) is 5.10 Å². The number of halogens is 2. The van der Waals surface area contributed by atoms with Gasteiger partial charge in [-0.3, -0.25) is 4.98 Å². The van der Waals surface area contributed by atoms with Crippen LogP contribution in [0.4, 0.5) is 5.82 Å². The molecule has 4 rings (SSSR count). The predicted molar refractivity (Wildman–Crippen MR) is 120 cm³/mol. The van der Waals surface area contributed by atoms with Gasteiger partial charge < -0.3 is 5.32 Å². The van der Waals surface area contributed by atoms with Crippen molar-refractivity contribution in [2.45, 2.75) is 19.4 Å². The van der Waals surface area contributed by atoms with Crippen LogP contribution in [0.5, 0.6) is 0 Å². The summed E-state index contributed by atoms with van der Waals surface area (Å²) in [6.45, 7) is 2.14. The molecule has 0 saturated heterocycles. The first-order valence-corrected chi connectivity index (χ1v) is 8.76. The lowest BCUT2D eigenvalue weighted by Gasteiger charge is -2.17. The second kappa shape index (κ2) is 10.0. The summed E-state index contributed by atoms with van der Waals surface area (Å²) in [7, 11) is 0. The van der Waals surface area contributed by atoms with E-state index in [2.05, 4.69) is 63.8 Å². The number of hydrogen-bond acceptors (Lipinski definition) is 4. The Kier molecular flexibility index (Phi) is 7.73. The summed E-state index contributed by atoms with van der Waals surface area (Å²) < 4.78 is 0. The van der Waals surface area contributed by atoms with Crippen molar-refractivity contribution in [3.8, 4) is 0 Å². The summed E-state index contributed by atoms with van der Waals surface area (Å²) in [5.41, 5.74) is 3.38. The van der Waals surface area contributed by atoms with Crippen LogP contribution in [0.3, 0.4) is 0 Å². The van der Waals surface area contributed by atoms with Crippen LogP contribution in [0.2, 0.25) is 0 Å². The van der Waals surface area contributed by atoms with E-state index in [9.17, 15) is 0 Å². The monoisotopic (exact) mass is 412 g/mol. The maximum Gasteiger partial charge on any atom is 0.157 e. The summed E-state index contributed by atoms with van der Waals surface area (Å²) in [4.78, 5) is 4.08. The lowest BCUT2D eigenvalue weighted by Crippen LogP contribution is -2.10. The van der Waals surface area contributed by atoms with E-state index in [0.717, 1.165) is 28.7 Å². The summed E-state index contributed by atoms with van der Waals surface area (Å²) in [5, 5.41) is 14.7. The number of benzene rings is 2. The number of rotatable bonds is 5. The predicted octanol–water partition coefficient (Wildman–Crippen LogP) is 5.63. The Morgan fingerprint density at radius 3 is 2.14 bits per heavy atom. The minimum Gasteiger partial charge on any atom is -0.362 e. The van der Waals surface area contributed by atoms with Crippen LogP contribution in [0.15, 0.2) is 79.1 Å². The highest BCUT2D eigenvalue weighted by molar-refractivity contribution is 5.93. The number of pyridine rings is 1. The maximum absolute atomic E-state index is 4.52. The van der Waals surface area contributed by atoms with Gasteiger partial charge in [-0.15, -0.1) is 29.9 Å². The Labute approximate surface area is 177 Å². The second-order valence-corrected chi connectivity index (χ2v) is 6.35. The molecule has 2 aromatic carbocycles. The molecule has 0 aliphatic carbocycles. The molecule has 1 unspecified atom stereocenters. The average Bonchev–Trinajstić information content (AvgIpc) is 2.71. The molecule has 0 aliphatic rings. The van der Waals surface area contributed by atoms with Crippen molar-refractivity contribution >= 4 is 41.4 Å². The fourth-order valence-electron chi connectivity index (χ4n) is 3.12. The number of hydrogen-bond donors (Lipinski definition) is 1. The molecule has 28 heavy (non-hydrogen) atoms. The number of nitrogens with zero attached hydrogens (tertiary/aromatic N) is 3. The first kappa shape index (κ1) is 21.6. The highest BCUT2D eigenvalue weighted by atomic mass is 35.5. The zero-order chi connectivity index (χ0) is 17.8. The molecule has 0 bridgehead atoms. The van der Waals surface area contributed by atoms with Crippen molar-refractivity contribution < 1.29 is 0 Å². The van der Waals surface area contributed by atoms with Gasteiger partial charge in [-0.25, -0.2) is 0 Å². The largest absolute Gasteiger partial charge is 0.362 e. The van der Waals surface area contributed by atoms with Crippen LogP contribution in [-0.4, -0.2) is 15.2 Å². The molecule has 0 saturated carbocycles. The molecule has 1 atom stereocenters. The topological polar surface area (TPSA) is 50.7 Å². The average molecular weight is 413 g/mol. The van der Waals surface area contributed by atoms with Gasteiger partial charge in [0.05, 0.1) is 11.7 Å². The molecule has 4 aromatic rings. The quantitative estimate of drug-likeness (QED) is 0.461. The molecule has 4 nitrogen and oxygen atoms in total. The van der Waals surface area contributed by atoms with E-state index >= 15 is 0 Å². The Morgan fingerprint density at radius 1 is 0.786 bits per heavy atom. The fraction of sp³-hybridized carbons (Fsp3) is 0.136. The molecule has 144 valence electrons. The molecule has 0 aliphatic heterocycles. The Balaban J connectivity index is 0.00000140. The Bertz CT molecular complexity index is 1010. The molecule has 6 heteroatoms. The van der Waals surface area contributed by atoms with Crippen molar-refractivity contribution in [1.29, 1.82) is 0 Å². The maximum atomic E-state index is 4.52. The van der Waals surface area contributed by atoms with Gasteiger partial charge in [0.2, 0.25) is 0 Å². The lowest BCUT2D eigenvalue weighted by molar-refractivity contribution is 0.857. The van der Waals surface area contributed by atoms with Crippen molar-refractivity contribution in [1.82, 2.24) is 15.2 Å². The molecule has 0 amide bonds. The number of fused-ring (bicyclic) bond motifs is 1. The molecule has 0 fully saturated rings. The Hall–Kier alpha value is -2.69. The van der Waals surface area contributed by atoms with Gasteiger partial charge in [0.1, 0.15) is 0 Å². The van der Waals surface area contributed by atoms with Gasteiger partial charge in [0.25, 0.3) is 0 Å². The summed E-state index contributed by atoms with van der Waals surface area (Å²) in [6.07, 6.45) is 4.36. The molecular formula is C22H22Cl2N4. The smallest absolute Gasteiger partial charge is 0.157 e. The van der Waals surface area contributed by atoms with Crippen molar-refractivity contribution in [2.75, 3.05) is 5.32 Å². The molecular weight excluding hydrogens is 391 g/mol. The number of aromatic nitrogens is 3. The van der Waals surface area contributed by atoms with Gasteiger partial charge in [-0.05, 0) is 30.2 Å². The first-order chi connectivity index (χ1) is 12.8. The lowest BCUT2D eigenvalue weighted by atomic mass is 10.0. The minimum absolute atomic E-state index is 0. The minimum atomic E-state index is 0. The number of anilines is 1. The van der Waals surface area contributed by atoms with Crippen LogP contribution < -0.4 is 5.32 Å². The van der Waals surface area contributed by atoms with E-state index in [1.165, 1.54) is 11.1 Å². The molecule has 1 N–H and O–H groups in total. The standard InChI is InChI=1S/C22H20N4.2ClH/c1-16(18-7-3-2-4-8-18)24-22-20-10-6-5-9-19(20)21(25-26-22)15-17-11-13-23-14-12-17;;/h2-14,16H,15H2,1H3,(H,24,26);2*1H. The summed E-state index contributed by atoms with van der Waals surface area (Å²) >= 11 is 0. The van der Waals surface area contributed by atoms with Crippen LogP contribution in [-0.2, 0) is 6.42 Å². The third-order valence-corrected chi connectivity index (χ3v) is 4.54. The fourth-order valence-corrected chi connectivity index (χ4v) is 3.12. The third-order valence-electron chi connectivity index (χ3n) is 4.54. The van der Waals surface area contributed by atoms with Gasteiger partial charge in [-0.1, -0.05) is 54.6 Å².